The fourth-order valence-electron chi connectivity index (χ4n) is 2.65. The van der Waals surface area contributed by atoms with Gasteiger partial charge in [-0.15, -0.1) is 0 Å². The van der Waals surface area contributed by atoms with Gasteiger partial charge in [-0.1, -0.05) is 34.1 Å². The number of methoxy groups -OCH3 is 1. The van der Waals surface area contributed by atoms with Gasteiger partial charge in [-0.2, -0.15) is 13.2 Å². The summed E-state index contributed by atoms with van der Waals surface area (Å²) in [6, 6.07) is 10.7. The van der Waals surface area contributed by atoms with Gasteiger partial charge >= 0.3 is 12.1 Å². The third kappa shape index (κ3) is 4.16. The third-order valence-electron chi connectivity index (χ3n) is 4.40. The average molecular weight is 444 g/mol. The van der Waals surface area contributed by atoms with Crippen molar-refractivity contribution in [1.29, 1.82) is 0 Å². The fourth-order valence-corrected chi connectivity index (χ4v) is 2.91. The Morgan fingerprint density at radius 2 is 1.63 bits per heavy atom. The van der Waals surface area contributed by atoms with Crippen LogP contribution in [0.25, 0.3) is 0 Å². The summed E-state index contributed by atoms with van der Waals surface area (Å²) in [5.74, 6) is -1.45. The van der Waals surface area contributed by atoms with Crippen LogP contribution in [-0.4, -0.2) is 30.9 Å². The van der Waals surface area contributed by atoms with Crippen molar-refractivity contribution in [2.75, 3.05) is 14.2 Å². The lowest BCUT2D eigenvalue weighted by Crippen LogP contribution is -2.51. The molecule has 0 aromatic heterocycles. The minimum absolute atomic E-state index is 0.181. The molecule has 1 amide bonds. The monoisotopic (exact) mass is 443 g/mol. The number of esters is 1. The number of carbonyl (C=O) groups is 2. The fraction of sp³-hybridized carbons (Fsp3) is 0.263. The van der Waals surface area contributed by atoms with E-state index >= 15 is 0 Å². The van der Waals surface area contributed by atoms with Gasteiger partial charge in [0.15, 0.2) is 5.54 Å². The van der Waals surface area contributed by atoms with Crippen molar-refractivity contribution in [3.05, 3.63) is 69.7 Å². The van der Waals surface area contributed by atoms with Crippen molar-refractivity contribution in [1.82, 2.24) is 4.90 Å². The molecule has 0 saturated heterocycles. The van der Waals surface area contributed by atoms with Crippen molar-refractivity contribution in [3.63, 3.8) is 0 Å². The van der Waals surface area contributed by atoms with Crippen LogP contribution in [0.15, 0.2) is 53.0 Å². The number of carbonyl (C=O) groups excluding carboxylic acids is 2. The summed E-state index contributed by atoms with van der Waals surface area (Å²) < 4.78 is 44.5. The van der Waals surface area contributed by atoms with Crippen LogP contribution in [0.2, 0.25) is 0 Å². The molecule has 0 radical (unpaired) electrons. The maximum Gasteiger partial charge on any atom is 0.416 e. The van der Waals surface area contributed by atoms with E-state index in [-0.39, 0.29) is 5.56 Å². The topological polar surface area (TPSA) is 46.6 Å². The number of nitrogens with zero attached hydrogens (tertiary/aromatic N) is 1. The first-order chi connectivity index (χ1) is 12.5. The van der Waals surface area contributed by atoms with Crippen LogP contribution in [0.1, 0.15) is 28.4 Å². The Bertz CT molecular complexity index is 852. The molecule has 4 nitrogen and oxygen atoms in total. The summed E-state index contributed by atoms with van der Waals surface area (Å²) in [5.41, 5.74) is -2.19. The van der Waals surface area contributed by atoms with Gasteiger partial charge in [0.1, 0.15) is 0 Å². The maximum absolute atomic E-state index is 12.9. The van der Waals surface area contributed by atoms with Crippen LogP contribution >= 0.6 is 15.9 Å². The largest absolute Gasteiger partial charge is 0.467 e. The average Bonchev–Trinajstić information content (AvgIpc) is 2.65. The predicted molar refractivity (Wildman–Crippen MR) is 97.0 cm³/mol. The molecule has 2 aromatic carbocycles. The van der Waals surface area contributed by atoms with Gasteiger partial charge < -0.3 is 9.64 Å². The second-order valence-electron chi connectivity index (χ2n) is 6.01. The van der Waals surface area contributed by atoms with E-state index in [0.29, 0.717) is 5.56 Å². The quantitative estimate of drug-likeness (QED) is 0.647. The first kappa shape index (κ1) is 21.0. The smallest absolute Gasteiger partial charge is 0.416 e. The number of amides is 1. The van der Waals surface area contributed by atoms with Crippen molar-refractivity contribution < 1.29 is 27.5 Å². The lowest BCUT2D eigenvalue weighted by atomic mass is 9.89. The standard InChI is InChI=1S/C19H17BrF3NO3/c1-18(17(26)27-3,13-7-9-15(20)10-8-13)24(2)16(25)12-5-4-6-14(11-12)19(21,22)23/h4-11H,1-3H3/t18-/m0/s1. The zero-order valence-corrected chi connectivity index (χ0v) is 16.4. The summed E-state index contributed by atoms with van der Waals surface area (Å²) in [4.78, 5) is 26.5. The van der Waals surface area contributed by atoms with Gasteiger partial charge in [0, 0.05) is 17.1 Å². The molecule has 2 rings (SSSR count). The van der Waals surface area contributed by atoms with Gasteiger partial charge in [0.25, 0.3) is 5.91 Å². The van der Waals surface area contributed by atoms with E-state index in [9.17, 15) is 22.8 Å². The first-order valence-corrected chi connectivity index (χ1v) is 8.61. The molecule has 0 bridgehead atoms. The maximum atomic E-state index is 12.9. The van der Waals surface area contributed by atoms with Gasteiger partial charge in [-0.05, 0) is 42.8 Å². The minimum atomic E-state index is -4.58. The zero-order valence-electron chi connectivity index (χ0n) is 14.8. The number of hydrogen-bond acceptors (Lipinski definition) is 3. The number of halogens is 4. The first-order valence-electron chi connectivity index (χ1n) is 7.81. The molecule has 0 aliphatic rings. The molecular formula is C19H17BrF3NO3. The molecule has 8 heteroatoms. The summed E-state index contributed by atoms with van der Waals surface area (Å²) in [5, 5.41) is 0. The van der Waals surface area contributed by atoms with Crippen LogP contribution in [0.3, 0.4) is 0 Å². The normalized spacial score (nSPS) is 13.6. The number of rotatable bonds is 4. The Balaban J connectivity index is 2.50. The molecule has 0 heterocycles. The third-order valence-corrected chi connectivity index (χ3v) is 4.93. The van der Waals surface area contributed by atoms with E-state index in [1.54, 1.807) is 24.3 Å². The molecule has 2 aromatic rings. The van der Waals surface area contributed by atoms with Gasteiger partial charge in [0.2, 0.25) is 0 Å². The van der Waals surface area contributed by atoms with Gasteiger partial charge in [0.05, 0.1) is 12.7 Å². The van der Waals surface area contributed by atoms with Crippen LogP contribution < -0.4 is 0 Å². The van der Waals surface area contributed by atoms with E-state index in [0.717, 1.165) is 27.6 Å². The van der Waals surface area contributed by atoms with Crippen molar-refractivity contribution >= 4 is 27.8 Å². The van der Waals surface area contributed by atoms with E-state index in [1.807, 2.05) is 0 Å². The minimum Gasteiger partial charge on any atom is -0.467 e. The number of benzene rings is 2. The lowest BCUT2D eigenvalue weighted by molar-refractivity contribution is -0.152. The van der Waals surface area contributed by atoms with Gasteiger partial charge in [-0.25, -0.2) is 4.79 Å². The van der Waals surface area contributed by atoms with E-state index in [2.05, 4.69) is 15.9 Å². The molecule has 0 unspecified atom stereocenters. The SMILES string of the molecule is COC(=O)[C@](C)(c1ccc(Br)cc1)N(C)C(=O)c1cccc(C(F)(F)F)c1. The van der Waals surface area contributed by atoms with Crippen molar-refractivity contribution in [2.45, 2.75) is 18.6 Å². The number of alkyl halides is 3. The summed E-state index contributed by atoms with van der Waals surface area (Å²) in [6.07, 6.45) is -4.58. The highest BCUT2D eigenvalue weighted by Crippen LogP contribution is 2.33. The van der Waals surface area contributed by atoms with Crippen LogP contribution in [0.5, 0.6) is 0 Å². The van der Waals surface area contributed by atoms with Crippen molar-refractivity contribution in [2.24, 2.45) is 0 Å². The molecule has 0 N–H and O–H groups in total. The molecule has 144 valence electrons. The highest BCUT2D eigenvalue weighted by Gasteiger charge is 2.43. The lowest BCUT2D eigenvalue weighted by Gasteiger charge is -2.36. The predicted octanol–water partition coefficient (Wildman–Crippen LogP) is 4.63. The highest BCUT2D eigenvalue weighted by atomic mass is 79.9. The molecule has 0 aliphatic carbocycles. The zero-order chi connectivity index (χ0) is 20.4. The van der Waals surface area contributed by atoms with Crippen molar-refractivity contribution in [3.8, 4) is 0 Å². The molecule has 0 saturated carbocycles. The Morgan fingerprint density at radius 3 is 2.15 bits per heavy atom. The molecule has 0 fully saturated rings. The summed E-state index contributed by atoms with van der Waals surface area (Å²) in [7, 11) is 2.53. The number of hydrogen-bond donors (Lipinski definition) is 0. The van der Waals surface area contributed by atoms with E-state index in [4.69, 9.17) is 4.74 Å². The molecular weight excluding hydrogens is 427 g/mol. The molecule has 0 spiro atoms. The second kappa shape index (κ2) is 7.72. The number of likely N-dealkylation sites (N-methyl/N-ethyl adjacent to an activating group) is 1. The van der Waals surface area contributed by atoms with Gasteiger partial charge in [-0.3, -0.25) is 4.79 Å². The highest BCUT2D eigenvalue weighted by molar-refractivity contribution is 9.10. The Hall–Kier alpha value is -2.35. The molecule has 0 aliphatic heterocycles. The summed E-state index contributed by atoms with van der Waals surface area (Å²) in [6.45, 7) is 1.48. The Labute approximate surface area is 163 Å². The van der Waals surface area contributed by atoms with Crippen LogP contribution in [0, 0.1) is 0 Å². The van der Waals surface area contributed by atoms with E-state index < -0.39 is 29.2 Å². The van der Waals surface area contributed by atoms with E-state index in [1.165, 1.54) is 27.1 Å². The second-order valence-corrected chi connectivity index (χ2v) is 6.93. The molecule has 27 heavy (non-hydrogen) atoms. The Morgan fingerprint density at radius 1 is 1.04 bits per heavy atom. The van der Waals surface area contributed by atoms with Crippen LogP contribution in [-0.2, 0) is 21.2 Å². The summed E-state index contributed by atoms with van der Waals surface area (Å²) >= 11 is 3.29. The molecule has 1 atom stereocenters. The number of ether oxygens (including phenoxy) is 1. The van der Waals surface area contributed by atoms with Crippen LogP contribution in [0.4, 0.5) is 13.2 Å². The Kier molecular flexibility index (Phi) is 5.99.